The Labute approximate surface area is 124 Å². The number of rotatable bonds is 7. The molecule has 1 N–H and O–H groups in total. The molecule has 0 bridgehead atoms. The minimum Gasteiger partial charge on any atom is -0.486 e. The molecule has 1 atom stereocenters. The van der Waals surface area contributed by atoms with E-state index in [1.807, 2.05) is 30.3 Å². The van der Waals surface area contributed by atoms with Crippen LogP contribution in [0.4, 0.5) is 0 Å². The molecular formula is C16H20ClNO2. The van der Waals surface area contributed by atoms with Gasteiger partial charge >= 0.3 is 0 Å². The van der Waals surface area contributed by atoms with Crippen LogP contribution in [0.15, 0.2) is 41.0 Å². The van der Waals surface area contributed by atoms with Gasteiger partial charge in [0.1, 0.15) is 18.1 Å². The van der Waals surface area contributed by atoms with Crippen LogP contribution in [-0.4, -0.2) is 6.54 Å². The molecule has 1 heterocycles. The summed E-state index contributed by atoms with van der Waals surface area (Å²) in [6.07, 6.45) is 2.74. The van der Waals surface area contributed by atoms with E-state index in [2.05, 4.69) is 19.2 Å². The average molecular weight is 294 g/mol. The highest BCUT2D eigenvalue weighted by Gasteiger charge is 2.10. The zero-order valence-electron chi connectivity index (χ0n) is 11.9. The molecule has 2 rings (SSSR count). The quantitative estimate of drug-likeness (QED) is 0.812. The van der Waals surface area contributed by atoms with Crippen molar-refractivity contribution in [2.75, 3.05) is 6.54 Å². The van der Waals surface area contributed by atoms with E-state index >= 15 is 0 Å². The van der Waals surface area contributed by atoms with Crippen molar-refractivity contribution in [1.82, 2.24) is 5.32 Å². The zero-order valence-corrected chi connectivity index (χ0v) is 12.6. The molecule has 0 saturated carbocycles. The average Bonchev–Trinajstić information content (AvgIpc) is 2.96. The Morgan fingerprint density at radius 3 is 2.85 bits per heavy atom. The lowest BCUT2D eigenvalue weighted by Gasteiger charge is -2.16. The van der Waals surface area contributed by atoms with Gasteiger partial charge in [0.15, 0.2) is 0 Å². The van der Waals surface area contributed by atoms with Crippen LogP contribution in [0, 0.1) is 0 Å². The Morgan fingerprint density at radius 1 is 1.35 bits per heavy atom. The van der Waals surface area contributed by atoms with Gasteiger partial charge in [0.05, 0.1) is 6.26 Å². The van der Waals surface area contributed by atoms with Crippen LogP contribution in [0.5, 0.6) is 5.75 Å². The third-order valence-corrected chi connectivity index (χ3v) is 3.43. The number of furan rings is 1. The van der Waals surface area contributed by atoms with Gasteiger partial charge in [-0.05, 0) is 49.7 Å². The van der Waals surface area contributed by atoms with Gasteiger partial charge in [-0.1, -0.05) is 24.6 Å². The lowest BCUT2D eigenvalue weighted by Crippen LogP contribution is -2.19. The molecule has 0 aliphatic rings. The summed E-state index contributed by atoms with van der Waals surface area (Å²) < 4.78 is 10.9. The van der Waals surface area contributed by atoms with Crippen LogP contribution < -0.4 is 10.1 Å². The summed E-state index contributed by atoms with van der Waals surface area (Å²) in [6.45, 7) is 5.65. The number of nitrogens with one attached hydrogen (secondary N) is 1. The van der Waals surface area contributed by atoms with E-state index in [-0.39, 0.29) is 6.04 Å². The lowest BCUT2D eigenvalue weighted by molar-refractivity contribution is 0.270. The summed E-state index contributed by atoms with van der Waals surface area (Å²) in [5, 5.41) is 4.14. The van der Waals surface area contributed by atoms with Crippen molar-refractivity contribution in [2.45, 2.75) is 32.9 Å². The predicted octanol–water partition coefficient (Wildman–Crippen LogP) is 4.57. The van der Waals surface area contributed by atoms with Crippen molar-refractivity contribution in [2.24, 2.45) is 0 Å². The largest absolute Gasteiger partial charge is 0.486 e. The van der Waals surface area contributed by atoms with Crippen LogP contribution in [0.25, 0.3) is 0 Å². The summed E-state index contributed by atoms with van der Waals surface area (Å²) in [6, 6.07) is 9.76. The molecule has 3 nitrogen and oxygen atoms in total. The number of hydrogen-bond acceptors (Lipinski definition) is 3. The second kappa shape index (κ2) is 7.36. The predicted molar refractivity (Wildman–Crippen MR) is 81.2 cm³/mol. The van der Waals surface area contributed by atoms with E-state index in [0.29, 0.717) is 6.61 Å². The number of hydrogen-bond donors (Lipinski definition) is 1. The van der Waals surface area contributed by atoms with Crippen LogP contribution in [-0.2, 0) is 6.61 Å². The second-order valence-corrected chi connectivity index (χ2v) is 5.13. The van der Waals surface area contributed by atoms with E-state index in [1.165, 1.54) is 0 Å². The number of ether oxygens (including phenoxy) is 1. The Kier molecular flexibility index (Phi) is 5.50. The fraction of sp³-hybridized carbons (Fsp3) is 0.375. The molecule has 0 spiro atoms. The normalized spacial score (nSPS) is 12.3. The van der Waals surface area contributed by atoms with Crippen molar-refractivity contribution >= 4 is 11.6 Å². The van der Waals surface area contributed by atoms with Gasteiger partial charge in [-0.15, -0.1) is 0 Å². The highest BCUT2D eigenvalue weighted by atomic mass is 35.5. The summed E-state index contributed by atoms with van der Waals surface area (Å²) in [5.74, 6) is 1.54. The highest BCUT2D eigenvalue weighted by Crippen LogP contribution is 2.27. The van der Waals surface area contributed by atoms with Gasteiger partial charge < -0.3 is 14.5 Å². The van der Waals surface area contributed by atoms with Gasteiger partial charge in [0, 0.05) is 11.1 Å². The fourth-order valence-corrected chi connectivity index (χ4v) is 2.30. The fourth-order valence-electron chi connectivity index (χ4n) is 1.97. The molecular weight excluding hydrogens is 274 g/mol. The lowest BCUT2D eigenvalue weighted by atomic mass is 10.1. The third-order valence-electron chi connectivity index (χ3n) is 3.10. The van der Waals surface area contributed by atoms with Crippen molar-refractivity contribution in [1.29, 1.82) is 0 Å². The van der Waals surface area contributed by atoms with Gasteiger partial charge in [0.25, 0.3) is 0 Å². The maximum absolute atomic E-state index is 6.32. The van der Waals surface area contributed by atoms with Crippen molar-refractivity contribution in [3.05, 3.63) is 52.9 Å². The molecule has 0 radical (unpaired) electrons. The van der Waals surface area contributed by atoms with E-state index in [4.69, 9.17) is 20.8 Å². The first-order valence-corrected chi connectivity index (χ1v) is 7.26. The number of halogens is 1. The Balaban J connectivity index is 1.98. The molecule has 1 aromatic carbocycles. The first-order chi connectivity index (χ1) is 9.70. The molecule has 2 aromatic rings. The van der Waals surface area contributed by atoms with Crippen molar-refractivity contribution < 1.29 is 9.15 Å². The first kappa shape index (κ1) is 14.9. The Morgan fingerprint density at radius 2 is 2.20 bits per heavy atom. The Bertz CT molecular complexity index is 525. The molecule has 0 aliphatic carbocycles. The van der Waals surface area contributed by atoms with Gasteiger partial charge in [-0.25, -0.2) is 0 Å². The second-order valence-electron chi connectivity index (χ2n) is 4.73. The van der Waals surface area contributed by atoms with Gasteiger partial charge in [-0.3, -0.25) is 0 Å². The Hall–Kier alpha value is -1.45. The minimum atomic E-state index is 0.238. The summed E-state index contributed by atoms with van der Waals surface area (Å²) in [7, 11) is 0. The molecule has 1 aromatic heterocycles. The monoisotopic (exact) mass is 293 g/mol. The topological polar surface area (TPSA) is 34.4 Å². The van der Waals surface area contributed by atoms with Gasteiger partial charge in [-0.2, -0.15) is 0 Å². The summed E-state index contributed by atoms with van der Waals surface area (Å²) in [4.78, 5) is 0. The maximum atomic E-state index is 6.32. The standard InChI is InChI=1S/C16H20ClNO2/c1-3-8-18-12(2)15-7-6-13(10-16(15)17)20-11-14-5-4-9-19-14/h4-7,9-10,12,18H,3,8,11H2,1-2H3. The van der Waals surface area contributed by atoms with Crippen LogP contribution >= 0.6 is 11.6 Å². The van der Waals surface area contributed by atoms with Crippen molar-refractivity contribution in [3.8, 4) is 5.75 Å². The summed E-state index contributed by atoms with van der Waals surface area (Å²) >= 11 is 6.32. The van der Waals surface area contributed by atoms with Gasteiger partial charge in [0.2, 0.25) is 0 Å². The van der Waals surface area contributed by atoms with Crippen LogP contribution in [0.3, 0.4) is 0 Å². The van der Waals surface area contributed by atoms with Crippen LogP contribution in [0.1, 0.15) is 37.6 Å². The van der Waals surface area contributed by atoms with E-state index < -0.39 is 0 Å². The zero-order chi connectivity index (χ0) is 14.4. The van der Waals surface area contributed by atoms with Crippen molar-refractivity contribution in [3.63, 3.8) is 0 Å². The SMILES string of the molecule is CCCNC(C)c1ccc(OCc2ccco2)cc1Cl. The van der Waals surface area contributed by atoms with E-state index in [0.717, 1.165) is 35.1 Å². The minimum absolute atomic E-state index is 0.238. The van der Waals surface area contributed by atoms with E-state index in [1.54, 1.807) is 6.26 Å². The smallest absolute Gasteiger partial charge is 0.146 e. The molecule has 108 valence electrons. The molecule has 0 amide bonds. The summed E-state index contributed by atoms with van der Waals surface area (Å²) in [5.41, 5.74) is 1.09. The maximum Gasteiger partial charge on any atom is 0.146 e. The molecule has 0 fully saturated rings. The molecule has 0 saturated heterocycles. The highest BCUT2D eigenvalue weighted by molar-refractivity contribution is 6.31. The molecule has 0 aliphatic heterocycles. The van der Waals surface area contributed by atoms with E-state index in [9.17, 15) is 0 Å². The number of benzene rings is 1. The molecule has 4 heteroatoms. The molecule has 1 unspecified atom stereocenters. The van der Waals surface area contributed by atoms with Crippen LogP contribution in [0.2, 0.25) is 5.02 Å². The third kappa shape index (κ3) is 4.02. The first-order valence-electron chi connectivity index (χ1n) is 6.88. The molecule has 20 heavy (non-hydrogen) atoms.